The smallest absolute Gasteiger partial charge is 0.255 e. The van der Waals surface area contributed by atoms with Gasteiger partial charge in [-0.05, 0) is 43.4 Å². The molecule has 0 spiro atoms. The maximum atomic E-state index is 13.3. The molecule has 0 saturated carbocycles. The number of piperidine rings is 1. The summed E-state index contributed by atoms with van der Waals surface area (Å²) in [4.78, 5) is 17.7. The summed E-state index contributed by atoms with van der Waals surface area (Å²) in [5.41, 5.74) is 3.35. The van der Waals surface area contributed by atoms with Crippen LogP contribution in [0.3, 0.4) is 0 Å². The van der Waals surface area contributed by atoms with Crippen LogP contribution in [0.25, 0.3) is 0 Å². The van der Waals surface area contributed by atoms with Crippen LogP contribution < -0.4 is 4.90 Å². The summed E-state index contributed by atoms with van der Waals surface area (Å²) in [5.74, 6) is 0.654. The number of hydrogen-bond acceptors (Lipinski definition) is 2. The first-order chi connectivity index (χ1) is 12.3. The molecular formula is C22H26N2O. The summed E-state index contributed by atoms with van der Waals surface area (Å²) in [7, 11) is 0. The molecule has 0 aliphatic carbocycles. The van der Waals surface area contributed by atoms with E-state index in [4.69, 9.17) is 0 Å². The van der Waals surface area contributed by atoms with Crippen LogP contribution in [0.4, 0.5) is 5.69 Å². The van der Waals surface area contributed by atoms with Gasteiger partial charge < -0.3 is 9.80 Å². The quantitative estimate of drug-likeness (QED) is 0.835. The first kappa shape index (κ1) is 16.2. The summed E-state index contributed by atoms with van der Waals surface area (Å²) >= 11 is 0. The van der Waals surface area contributed by atoms with E-state index in [0.29, 0.717) is 5.92 Å². The van der Waals surface area contributed by atoms with E-state index in [-0.39, 0.29) is 5.91 Å². The molecule has 2 saturated heterocycles. The molecule has 130 valence electrons. The highest BCUT2D eigenvalue weighted by Crippen LogP contribution is 2.30. The van der Waals surface area contributed by atoms with E-state index >= 15 is 0 Å². The Kier molecular flexibility index (Phi) is 4.73. The number of para-hydroxylation sites is 1. The molecule has 2 aromatic rings. The van der Waals surface area contributed by atoms with Gasteiger partial charge in [0.25, 0.3) is 5.91 Å². The molecule has 2 heterocycles. The van der Waals surface area contributed by atoms with Crippen LogP contribution in [0, 0.1) is 0 Å². The predicted molar refractivity (Wildman–Crippen MR) is 102 cm³/mol. The van der Waals surface area contributed by atoms with Gasteiger partial charge >= 0.3 is 0 Å². The van der Waals surface area contributed by atoms with E-state index in [1.165, 1.54) is 24.8 Å². The Bertz CT molecular complexity index is 722. The second-order valence-corrected chi connectivity index (χ2v) is 7.21. The Morgan fingerprint density at radius 2 is 1.56 bits per heavy atom. The second-order valence-electron chi connectivity index (χ2n) is 7.21. The Morgan fingerprint density at radius 1 is 0.840 bits per heavy atom. The molecular weight excluding hydrogens is 308 g/mol. The van der Waals surface area contributed by atoms with Gasteiger partial charge in [-0.15, -0.1) is 0 Å². The second kappa shape index (κ2) is 7.30. The summed E-state index contributed by atoms with van der Waals surface area (Å²) in [6.45, 7) is 3.83. The fourth-order valence-corrected chi connectivity index (χ4v) is 4.22. The molecule has 0 aromatic heterocycles. The van der Waals surface area contributed by atoms with Crippen LogP contribution in [0.2, 0.25) is 0 Å². The highest BCUT2D eigenvalue weighted by molar-refractivity contribution is 6.00. The van der Waals surface area contributed by atoms with E-state index in [1.54, 1.807) is 0 Å². The molecule has 3 heteroatoms. The lowest BCUT2D eigenvalue weighted by Gasteiger charge is -2.34. The minimum absolute atomic E-state index is 0.197. The van der Waals surface area contributed by atoms with Crippen molar-refractivity contribution >= 4 is 11.6 Å². The van der Waals surface area contributed by atoms with E-state index < -0.39 is 0 Å². The van der Waals surface area contributed by atoms with Gasteiger partial charge in [-0.1, -0.05) is 42.5 Å². The van der Waals surface area contributed by atoms with Crippen LogP contribution in [0.5, 0.6) is 0 Å². The normalized spacial score (nSPS) is 20.7. The Labute approximate surface area is 150 Å². The van der Waals surface area contributed by atoms with Crippen molar-refractivity contribution in [2.45, 2.75) is 31.6 Å². The average molecular weight is 334 g/mol. The van der Waals surface area contributed by atoms with Crippen LogP contribution in [0.15, 0.2) is 54.6 Å². The minimum Gasteiger partial charge on any atom is -0.371 e. The largest absolute Gasteiger partial charge is 0.371 e. The van der Waals surface area contributed by atoms with Crippen molar-refractivity contribution in [2.24, 2.45) is 0 Å². The molecule has 3 nitrogen and oxygen atoms in total. The van der Waals surface area contributed by atoms with E-state index in [0.717, 1.165) is 43.9 Å². The lowest BCUT2D eigenvalue weighted by atomic mass is 9.90. The number of amides is 1. The molecule has 4 rings (SSSR count). The lowest BCUT2D eigenvalue weighted by molar-refractivity contribution is 0.0708. The van der Waals surface area contributed by atoms with Gasteiger partial charge in [0.05, 0.1) is 5.56 Å². The van der Waals surface area contributed by atoms with E-state index in [2.05, 4.69) is 46.2 Å². The molecule has 1 amide bonds. The molecule has 0 N–H and O–H groups in total. The number of hydrogen-bond donors (Lipinski definition) is 0. The Balaban J connectivity index is 1.55. The maximum Gasteiger partial charge on any atom is 0.255 e. The van der Waals surface area contributed by atoms with Crippen molar-refractivity contribution < 1.29 is 4.79 Å². The van der Waals surface area contributed by atoms with E-state index in [1.807, 2.05) is 18.2 Å². The third-order valence-electron chi connectivity index (χ3n) is 5.56. The van der Waals surface area contributed by atoms with Crippen molar-refractivity contribution in [1.29, 1.82) is 0 Å². The highest BCUT2D eigenvalue weighted by Gasteiger charge is 2.28. The number of carbonyl (C=O) groups excluding carboxylic acids is 1. The zero-order chi connectivity index (χ0) is 17.1. The first-order valence-corrected chi connectivity index (χ1v) is 9.51. The zero-order valence-corrected chi connectivity index (χ0v) is 14.7. The summed E-state index contributed by atoms with van der Waals surface area (Å²) < 4.78 is 0. The predicted octanol–water partition coefficient (Wildman–Crippen LogP) is 4.31. The topological polar surface area (TPSA) is 23.6 Å². The summed E-state index contributed by atoms with van der Waals surface area (Å²) in [6.07, 6.45) is 4.70. The van der Waals surface area contributed by atoms with Gasteiger partial charge in [-0.3, -0.25) is 4.79 Å². The molecule has 2 aliphatic rings. The Hall–Kier alpha value is -2.29. The average Bonchev–Trinajstić information content (AvgIpc) is 3.23. The number of anilines is 1. The fourth-order valence-electron chi connectivity index (χ4n) is 4.22. The van der Waals surface area contributed by atoms with Gasteiger partial charge in [0.15, 0.2) is 0 Å². The molecule has 25 heavy (non-hydrogen) atoms. The molecule has 2 fully saturated rings. The molecule has 2 aromatic carbocycles. The van der Waals surface area contributed by atoms with Gasteiger partial charge in [0.1, 0.15) is 0 Å². The Morgan fingerprint density at radius 3 is 2.36 bits per heavy atom. The summed E-state index contributed by atoms with van der Waals surface area (Å²) in [6, 6.07) is 18.8. The highest BCUT2D eigenvalue weighted by atomic mass is 16.2. The van der Waals surface area contributed by atoms with Crippen LogP contribution in [-0.2, 0) is 0 Å². The molecule has 0 bridgehead atoms. The minimum atomic E-state index is 0.197. The number of carbonyl (C=O) groups is 1. The molecule has 2 aliphatic heterocycles. The number of likely N-dealkylation sites (tertiary alicyclic amines) is 1. The maximum absolute atomic E-state index is 13.3. The van der Waals surface area contributed by atoms with Gasteiger partial charge in [-0.2, -0.15) is 0 Å². The molecule has 1 atom stereocenters. The van der Waals surface area contributed by atoms with Gasteiger partial charge in [0.2, 0.25) is 0 Å². The van der Waals surface area contributed by atoms with Crippen LogP contribution >= 0.6 is 0 Å². The van der Waals surface area contributed by atoms with Crippen molar-refractivity contribution in [3.05, 3.63) is 65.7 Å². The lowest BCUT2D eigenvalue weighted by Crippen LogP contribution is -2.39. The number of rotatable bonds is 3. The van der Waals surface area contributed by atoms with E-state index in [9.17, 15) is 4.79 Å². The summed E-state index contributed by atoms with van der Waals surface area (Å²) in [5, 5.41) is 0. The molecule has 0 unspecified atom stereocenters. The SMILES string of the molecule is O=C(c1ccccc1N1CCCC1)N1CCC[C@H](c2ccccc2)C1. The standard InChI is InChI=1S/C22H26N2O/c25-22(20-12-4-5-13-21(20)23-14-6-7-15-23)24-16-8-11-19(17-24)18-9-2-1-3-10-18/h1-5,9-10,12-13,19H,6-8,11,14-17H2/t19-/m0/s1. The number of nitrogens with zero attached hydrogens (tertiary/aromatic N) is 2. The third-order valence-corrected chi connectivity index (χ3v) is 5.56. The monoisotopic (exact) mass is 334 g/mol. The van der Waals surface area contributed by atoms with Crippen molar-refractivity contribution in [2.75, 3.05) is 31.1 Å². The third kappa shape index (κ3) is 3.41. The van der Waals surface area contributed by atoms with Crippen LogP contribution in [0.1, 0.15) is 47.5 Å². The first-order valence-electron chi connectivity index (χ1n) is 9.51. The van der Waals surface area contributed by atoms with Crippen molar-refractivity contribution in [3.63, 3.8) is 0 Å². The van der Waals surface area contributed by atoms with Crippen molar-refractivity contribution in [1.82, 2.24) is 4.90 Å². The number of benzene rings is 2. The zero-order valence-electron chi connectivity index (χ0n) is 14.7. The van der Waals surface area contributed by atoms with Gasteiger partial charge in [-0.25, -0.2) is 0 Å². The molecule has 0 radical (unpaired) electrons. The fraction of sp³-hybridized carbons (Fsp3) is 0.409. The van der Waals surface area contributed by atoms with Crippen molar-refractivity contribution in [3.8, 4) is 0 Å². The van der Waals surface area contributed by atoms with Crippen LogP contribution in [-0.4, -0.2) is 37.0 Å². The van der Waals surface area contributed by atoms with Gasteiger partial charge in [0, 0.05) is 37.8 Å².